The molecule has 0 aromatic carbocycles. The molecule has 80 valence electrons. The maximum atomic E-state index is 5.53. The van der Waals surface area contributed by atoms with E-state index in [9.17, 15) is 0 Å². The zero-order valence-electron chi connectivity index (χ0n) is 9.29. The number of likely N-dealkylation sites (N-methyl/N-ethyl adjacent to an activating group) is 2. The van der Waals surface area contributed by atoms with Gasteiger partial charge in [-0.25, -0.2) is 0 Å². The molecule has 0 aliphatic carbocycles. The van der Waals surface area contributed by atoms with Gasteiger partial charge in [-0.3, -0.25) is 0 Å². The Morgan fingerprint density at radius 3 is 2.23 bits per heavy atom. The highest BCUT2D eigenvalue weighted by atomic mass is 16.5. The van der Waals surface area contributed by atoms with E-state index < -0.39 is 0 Å². The van der Waals surface area contributed by atoms with Crippen molar-refractivity contribution in [2.45, 2.75) is 6.10 Å². The van der Waals surface area contributed by atoms with Crippen LogP contribution in [0.4, 0.5) is 0 Å². The minimum absolute atomic E-state index is 0.159. The van der Waals surface area contributed by atoms with Gasteiger partial charge in [-0.15, -0.1) is 0 Å². The fraction of sp³-hybridized carbons (Fsp3) is 1.00. The summed E-state index contributed by atoms with van der Waals surface area (Å²) in [5, 5.41) is 0. The van der Waals surface area contributed by atoms with Crippen molar-refractivity contribution in [3.05, 3.63) is 0 Å². The number of hydrogen-bond acceptors (Lipinski definition) is 4. The van der Waals surface area contributed by atoms with E-state index in [0.29, 0.717) is 6.54 Å². The SMILES string of the molecule is COC(CN)CN(C)CCN(C)C. The average Bonchev–Trinajstić information content (AvgIpc) is 2.10. The smallest absolute Gasteiger partial charge is 0.0820 e. The summed E-state index contributed by atoms with van der Waals surface area (Å²) in [4.78, 5) is 4.40. The van der Waals surface area contributed by atoms with Crippen molar-refractivity contribution in [2.24, 2.45) is 5.73 Å². The Morgan fingerprint density at radius 2 is 1.85 bits per heavy atom. The molecule has 0 saturated carbocycles. The molecule has 0 radical (unpaired) electrons. The monoisotopic (exact) mass is 189 g/mol. The lowest BCUT2D eigenvalue weighted by Gasteiger charge is -2.23. The zero-order valence-corrected chi connectivity index (χ0v) is 9.29. The third-order valence-electron chi connectivity index (χ3n) is 2.04. The van der Waals surface area contributed by atoms with Crippen molar-refractivity contribution < 1.29 is 4.74 Å². The van der Waals surface area contributed by atoms with Gasteiger partial charge in [0.2, 0.25) is 0 Å². The van der Waals surface area contributed by atoms with Crippen LogP contribution >= 0.6 is 0 Å². The van der Waals surface area contributed by atoms with Crippen molar-refractivity contribution >= 4 is 0 Å². The summed E-state index contributed by atoms with van der Waals surface area (Å²) in [6, 6.07) is 0. The van der Waals surface area contributed by atoms with Gasteiger partial charge in [0, 0.05) is 33.3 Å². The summed E-state index contributed by atoms with van der Waals surface area (Å²) in [7, 11) is 7.94. The molecule has 0 rings (SSSR count). The van der Waals surface area contributed by atoms with Gasteiger partial charge in [0.25, 0.3) is 0 Å². The Hall–Kier alpha value is -0.160. The highest BCUT2D eigenvalue weighted by Crippen LogP contribution is 1.92. The van der Waals surface area contributed by atoms with Gasteiger partial charge in [-0.05, 0) is 21.1 Å². The first-order chi connectivity index (χ1) is 6.10. The summed E-state index contributed by atoms with van der Waals surface area (Å²) in [6.07, 6.45) is 0.159. The van der Waals surface area contributed by atoms with Gasteiger partial charge in [-0.1, -0.05) is 0 Å². The Balaban J connectivity index is 3.53. The van der Waals surface area contributed by atoms with Gasteiger partial charge >= 0.3 is 0 Å². The summed E-state index contributed by atoms with van der Waals surface area (Å²) in [5.41, 5.74) is 5.53. The van der Waals surface area contributed by atoms with Crippen LogP contribution < -0.4 is 5.73 Å². The standard InChI is InChI=1S/C9H23N3O/c1-11(2)5-6-12(3)8-9(7-10)13-4/h9H,5-8,10H2,1-4H3. The van der Waals surface area contributed by atoms with Crippen molar-refractivity contribution in [1.29, 1.82) is 0 Å². The number of rotatable bonds is 7. The summed E-state index contributed by atoms with van der Waals surface area (Å²) in [5.74, 6) is 0. The largest absolute Gasteiger partial charge is 0.379 e. The van der Waals surface area contributed by atoms with Crippen molar-refractivity contribution in [3.8, 4) is 0 Å². The molecule has 0 saturated heterocycles. The quantitative estimate of drug-likeness (QED) is 0.584. The van der Waals surface area contributed by atoms with Crippen LogP contribution in [0.25, 0.3) is 0 Å². The molecule has 0 heterocycles. The molecule has 1 atom stereocenters. The van der Waals surface area contributed by atoms with Gasteiger partial charge in [0.05, 0.1) is 6.10 Å². The molecule has 4 nitrogen and oxygen atoms in total. The normalized spacial score (nSPS) is 14.1. The van der Waals surface area contributed by atoms with Crippen LogP contribution in [0.5, 0.6) is 0 Å². The Morgan fingerprint density at radius 1 is 1.23 bits per heavy atom. The Labute approximate surface area is 81.6 Å². The number of nitrogens with two attached hydrogens (primary N) is 1. The van der Waals surface area contributed by atoms with Crippen LogP contribution in [0.1, 0.15) is 0 Å². The van der Waals surface area contributed by atoms with Gasteiger partial charge < -0.3 is 20.3 Å². The van der Waals surface area contributed by atoms with E-state index in [1.807, 2.05) is 0 Å². The van der Waals surface area contributed by atoms with E-state index in [-0.39, 0.29) is 6.10 Å². The van der Waals surface area contributed by atoms with E-state index >= 15 is 0 Å². The highest BCUT2D eigenvalue weighted by molar-refractivity contribution is 4.64. The first-order valence-electron chi connectivity index (χ1n) is 4.66. The van der Waals surface area contributed by atoms with Crippen LogP contribution in [-0.2, 0) is 4.74 Å². The van der Waals surface area contributed by atoms with Crippen LogP contribution in [0.3, 0.4) is 0 Å². The molecule has 0 amide bonds. The predicted octanol–water partition coefficient (Wildman–Crippen LogP) is -0.546. The van der Waals surface area contributed by atoms with Gasteiger partial charge in [-0.2, -0.15) is 0 Å². The van der Waals surface area contributed by atoms with Crippen LogP contribution in [0.2, 0.25) is 0 Å². The molecule has 0 aliphatic rings. The zero-order chi connectivity index (χ0) is 10.3. The molecule has 0 aromatic heterocycles. The second-order valence-corrected chi connectivity index (χ2v) is 3.66. The van der Waals surface area contributed by atoms with Crippen LogP contribution in [0.15, 0.2) is 0 Å². The fourth-order valence-electron chi connectivity index (χ4n) is 1.05. The van der Waals surface area contributed by atoms with E-state index in [2.05, 4.69) is 30.9 Å². The lowest BCUT2D eigenvalue weighted by Crippen LogP contribution is -2.38. The highest BCUT2D eigenvalue weighted by Gasteiger charge is 2.08. The van der Waals surface area contributed by atoms with Gasteiger partial charge in [0.15, 0.2) is 0 Å². The van der Waals surface area contributed by atoms with Crippen molar-refractivity contribution in [2.75, 3.05) is 54.4 Å². The Bertz CT molecular complexity index is 115. The molecule has 0 aliphatic heterocycles. The minimum atomic E-state index is 0.159. The minimum Gasteiger partial charge on any atom is -0.379 e. The average molecular weight is 189 g/mol. The molecule has 1 unspecified atom stereocenters. The van der Waals surface area contributed by atoms with E-state index in [4.69, 9.17) is 10.5 Å². The van der Waals surface area contributed by atoms with Crippen LogP contribution in [0, 0.1) is 0 Å². The van der Waals surface area contributed by atoms with E-state index in [0.717, 1.165) is 19.6 Å². The van der Waals surface area contributed by atoms with E-state index in [1.165, 1.54) is 0 Å². The summed E-state index contributed by atoms with van der Waals surface area (Å²) in [6.45, 7) is 3.61. The lowest BCUT2D eigenvalue weighted by atomic mass is 10.3. The number of methoxy groups -OCH3 is 1. The molecular formula is C9H23N3O. The first-order valence-corrected chi connectivity index (χ1v) is 4.66. The molecule has 0 fully saturated rings. The molecule has 13 heavy (non-hydrogen) atoms. The van der Waals surface area contributed by atoms with Crippen molar-refractivity contribution in [3.63, 3.8) is 0 Å². The number of hydrogen-bond donors (Lipinski definition) is 1. The summed E-state index contributed by atoms with van der Waals surface area (Å²) < 4.78 is 5.20. The fourth-order valence-corrected chi connectivity index (χ4v) is 1.05. The second-order valence-electron chi connectivity index (χ2n) is 3.66. The molecule has 0 bridgehead atoms. The van der Waals surface area contributed by atoms with Gasteiger partial charge in [0.1, 0.15) is 0 Å². The molecule has 2 N–H and O–H groups in total. The number of nitrogens with zero attached hydrogens (tertiary/aromatic N) is 2. The van der Waals surface area contributed by atoms with Crippen molar-refractivity contribution in [1.82, 2.24) is 9.80 Å². The maximum absolute atomic E-state index is 5.53. The molecular weight excluding hydrogens is 166 g/mol. The third-order valence-corrected chi connectivity index (χ3v) is 2.04. The second kappa shape index (κ2) is 7.26. The lowest BCUT2D eigenvalue weighted by molar-refractivity contribution is 0.0763. The van der Waals surface area contributed by atoms with E-state index in [1.54, 1.807) is 7.11 Å². The number of ether oxygens (including phenoxy) is 1. The third kappa shape index (κ3) is 6.95. The van der Waals surface area contributed by atoms with Crippen LogP contribution in [-0.4, -0.2) is 70.3 Å². The topological polar surface area (TPSA) is 41.7 Å². The Kier molecular flexibility index (Phi) is 7.17. The molecule has 0 aromatic rings. The first kappa shape index (κ1) is 12.8. The predicted molar refractivity (Wildman–Crippen MR) is 55.9 cm³/mol. The maximum Gasteiger partial charge on any atom is 0.0820 e. The molecule has 0 spiro atoms. The summed E-state index contributed by atoms with van der Waals surface area (Å²) >= 11 is 0. The molecule has 4 heteroatoms.